The van der Waals surface area contributed by atoms with Gasteiger partial charge < -0.3 is 5.32 Å². The van der Waals surface area contributed by atoms with Gasteiger partial charge in [-0.3, -0.25) is 24.8 Å². The van der Waals surface area contributed by atoms with Crippen LogP contribution in [-0.4, -0.2) is 70.9 Å². The highest BCUT2D eigenvalue weighted by Gasteiger charge is 2.48. The van der Waals surface area contributed by atoms with Gasteiger partial charge in [-0.15, -0.1) is 0 Å². The first-order chi connectivity index (χ1) is 15.4. The summed E-state index contributed by atoms with van der Waals surface area (Å²) in [4.78, 5) is 42.2. The van der Waals surface area contributed by atoms with Crippen molar-refractivity contribution in [1.29, 1.82) is 0 Å². The molecular weight excluding hydrogens is 426 g/mol. The Morgan fingerprint density at radius 2 is 1.78 bits per heavy atom. The summed E-state index contributed by atoms with van der Waals surface area (Å²) in [5.74, 6) is -0.778. The van der Waals surface area contributed by atoms with E-state index < -0.39 is 17.5 Å². The quantitative estimate of drug-likeness (QED) is 0.594. The molecule has 2 N–H and O–H groups in total. The van der Waals surface area contributed by atoms with Gasteiger partial charge in [0.2, 0.25) is 0 Å². The molecule has 0 bridgehead atoms. The number of amides is 4. The summed E-state index contributed by atoms with van der Waals surface area (Å²) in [7, 11) is 0. The lowest BCUT2D eigenvalue weighted by molar-refractivity contribution is -0.139. The number of imide groups is 1. The van der Waals surface area contributed by atoms with Crippen molar-refractivity contribution in [3.8, 4) is 0 Å². The van der Waals surface area contributed by atoms with Gasteiger partial charge in [0.25, 0.3) is 11.8 Å². The highest BCUT2D eigenvalue weighted by molar-refractivity contribution is 7.07. The first kappa shape index (κ1) is 22.4. The number of urea groups is 1. The molecule has 32 heavy (non-hydrogen) atoms. The Balaban J connectivity index is 1.24. The summed E-state index contributed by atoms with van der Waals surface area (Å²) in [6.45, 7) is 6.08. The standard InChI is InChI=1S/C23H29N5O3S/c1-23(9-7-18-5-3-2-4-6-18)21(30)28(22(31)24-23)25-20(29)16-27-12-10-26(11-13-27)15-19-8-14-32-17-19/h2-6,8,14,17H,7,9-13,15-16H2,1H3,(H,24,31)(H,25,29). The van der Waals surface area contributed by atoms with Crippen LogP contribution in [0, 0.1) is 0 Å². The first-order valence-electron chi connectivity index (χ1n) is 10.9. The third kappa shape index (κ3) is 5.35. The molecule has 1 aromatic carbocycles. The molecular formula is C23H29N5O3S. The van der Waals surface area contributed by atoms with E-state index in [1.165, 1.54) is 5.56 Å². The monoisotopic (exact) mass is 455 g/mol. The van der Waals surface area contributed by atoms with Crippen molar-refractivity contribution in [3.63, 3.8) is 0 Å². The minimum absolute atomic E-state index is 0.157. The van der Waals surface area contributed by atoms with E-state index in [1.807, 2.05) is 35.2 Å². The van der Waals surface area contributed by atoms with E-state index in [0.29, 0.717) is 12.8 Å². The Labute approximate surface area is 192 Å². The molecule has 2 fully saturated rings. The SMILES string of the molecule is CC1(CCc2ccccc2)NC(=O)N(NC(=O)CN2CCN(Cc3ccsc3)CC2)C1=O. The van der Waals surface area contributed by atoms with E-state index in [2.05, 4.69) is 32.5 Å². The number of rotatable bonds is 8. The van der Waals surface area contributed by atoms with Gasteiger partial charge in [0, 0.05) is 32.7 Å². The van der Waals surface area contributed by atoms with Gasteiger partial charge in [0.15, 0.2) is 0 Å². The van der Waals surface area contributed by atoms with Gasteiger partial charge in [0.05, 0.1) is 6.54 Å². The Kier molecular flexibility index (Phi) is 6.88. The fourth-order valence-corrected chi connectivity index (χ4v) is 4.76. The number of hydrogen-bond donors (Lipinski definition) is 2. The summed E-state index contributed by atoms with van der Waals surface area (Å²) >= 11 is 1.70. The van der Waals surface area contributed by atoms with Gasteiger partial charge in [0.1, 0.15) is 5.54 Å². The zero-order chi connectivity index (χ0) is 22.6. The van der Waals surface area contributed by atoms with Crippen molar-refractivity contribution in [2.24, 2.45) is 0 Å². The molecule has 2 aliphatic heterocycles. The normalized spacial score (nSPS) is 22.2. The topological polar surface area (TPSA) is 85.0 Å². The molecule has 4 amide bonds. The van der Waals surface area contributed by atoms with E-state index in [4.69, 9.17) is 0 Å². The summed E-state index contributed by atoms with van der Waals surface area (Å²) in [6, 6.07) is 11.4. The van der Waals surface area contributed by atoms with E-state index in [9.17, 15) is 14.4 Å². The van der Waals surface area contributed by atoms with Crippen molar-refractivity contribution in [3.05, 3.63) is 58.3 Å². The van der Waals surface area contributed by atoms with Crippen LogP contribution in [0.25, 0.3) is 0 Å². The Morgan fingerprint density at radius 3 is 2.47 bits per heavy atom. The van der Waals surface area contributed by atoms with Gasteiger partial charge >= 0.3 is 6.03 Å². The molecule has 170 valence electrons. The maximum atomic E-state index is 12.9. The summed E-state index contributed by atoms with van der Waals surface area (Å²) in [5.41, 5.74) is 3.88. The van der Waals surface area contributed by atoms with Crippen molar-refractivity contribution in [2.45, 2.75) is 31.8 Å². The third-order valence-electron chi connectivity index (χ3n) is 6.07. The number of nitrogens with zero attached hydrogens (tertiary/aromatic N) is 3. The van der Waals surface area contributed by atoms with Gasteiger partial charge in [-0.05, 0) is 47.7 Å². The summed E-state index contributed by atoms with van der Waals surface area (Å²) in [5, 5.41) is 7.81. The molecule has 1 atom stereocenters. The molecule has 0 spiro atoms. The van der Waals surface area contributed by atoms with Crippen LogP contribution in [0.3, 0.4) is 0 Å². The maximum absolute atomic E-state index is 12.9. The molecule has 2 saturated heterocycles. The predicted molar refractivity (Wildman–Crippen MR) is 123 cm³/mol. The largest absolute Gasteiger partial charge is 0.344 e. The molecule has 1 aromatic heterocycles. The van der Waals surface area contributed by atoms with Crippen molar-refractivity contribution < 1.29 is 14.4 Å². The smallest absolute Gasteiger partial charge is 0.322 e. The lowest BCUT2D eigenvalue weighted by Gasteiger charge is -2.34. The first-order valence-corrected chi connectivity index (χ1v) is 11.8. The van der Waals surface area contributed by atoms with Crippen LogP contribution in [0.15, 0.2) is 47.2 Å². The molecule has 9 heteroatoms. The summed E-state index contributed by atoms with van der Waals surface area (Å²) < 4.78 is 0. The second kappa shape index (κ2) is 9.81. The zero-order valence-corrected chi connectivity index (χ0v) is 19.1. The highest BCUT2D eigenvalue weighted by atomic mass is 32.1. The molecule has 0 radical (unpaired) electrons. The Hall–Kier alpha value is -2.75. The van der Waals surface area contributed by atoms with Gasteiger partial charge in [-0.25, -0.2) is 4.79 Å². The number of nitrogens with one attached hydrogen (secondary N) is 2. The number of thiophene rings is 1. The molecule has 0 aliphatic carbocycles. The van der Waals surface area contributed by atoms with E-state index in [-0.39, 0.29) is 12.5 Å². The number of hydrogen-bond acceptors (Lipinski definition) is 6. The zero-order valence-electron chi connectivity index (χ0n) is 18.3. The van der Waals surface area contributed by atoms with Gasteiger partial charge in [-0.1, -0.05) is 30.3 Å². The van der Waals surface area contributed by atoms with Crippen LogP contribution in [0.4, 0.5) is 4.79 Å². The fourth-order valence-electron chi connectivity index (χ4n) is 4.10. The second-order valence-corrected chi connectivity index (χ2v) is 9.39. The average molecular weight is 456 g/mol. The Morgan fingerprint density at radius 1 is 1.06 bits per heavy atom. The van der Waals surface area contributed by atoms with Crippen LogP contribution in [0.5, 0.6) is 0 Å². The van der Waals surface area contributed by atoms with Crippen molar-refractivity contribution in [2.75, 3.05) is 32.7 Å². The molecule has 8 nitrogen and oxygen atoms in total. The van der Waals surface area contributed by atoms with Gasteiger partial charge in [-0.2, -0.15) is 16.3 Å². The van der Waals surface area contributed by atoms with Crippen molar-refractivity contribution >= 4 is 29.2 Å². The molecule has 4 rings (SSSR count). The molecule has 1 unspecified atom stereocenters. The van der Waals surface area contributed by atoms with Crippen LogP contribution >= 0.6 is 11.3 Å². The number of hydrazine groups is 1. The minimum Gasteiger partial charge on any atom is -0.322 e. The lowest BCUT2D eigenvalue weighted by atomic mass is 9.93. The van der Waals surface area contributed by atoms with Crippen LogP contribution in [0.1, 0.15) is 24.5 Å². The molecule has 0 saturated carbocycles. The third-order valence-corrected chi connectivity index (χ3v) is 6.80. The van der Waals surface area contributed by atoms with Crippen molar-refractivity contribution in [1.82, 2.24) is 25.6 Å². The van der Waals surface area contributed by atoms with E-state index >= 15 is 0 Å². The molecule has 3 heterocycles. The number of aryl methyl sites for hydroxylation is 1. The molecule has 2 aromatic rings. The number of carbonyl (C=O) groups is 3. The van der Waals surface area contributed by atoms with Crippen LogP contribution < -0.4 is 10.7 Å². The van der Waals surface area contributed by atoms with E-state index in [1.54, 1.807) is 18.3 Å². The summed E-state index contributed by atoms with van der Waals surface area (Å²) in [6.07, 6.45) is 1.11. The minimum atomic E-state index is -1.03. The fraction of sp³-hybridized carbons (Fsp3) is 0.435. The average Bonchev–Trinajstić information content (AvgIpc) is 3.37. The highest BCUT2D eigenvalue weighted by Crippen LogP contribution is 2.22. The second-order valence-electron chi connectivity index (χ2n) is 8.61. The Bertz CT molecular complexity index is 944. The lowest BCUT2D eigenvalue weighted by Crippen LogP contribution is -2.53. The number of benzene rings is 1. The van der Waals surface area contributed by atoms with E-state index in [0.717, 1.165) is 43.3 Å². The molecule has 2 aliphatic rings. The predicted octanol–water partition coefficient (Wildman–Crippen LogP) is 1.84. The van der Waals surface area contributed by atoms with Crippen LogP contribution in [-0.2, 0) is 22.6 Å². The van der Waals surface area contributed by atoms with Crippen LogP contribution in [0.2, 0.25) is 0 Å². The maximum Gasteiger partial charge on any atom is 0.344 e. The number of piperazine rings is 1. The number of carbonyl (C=O) groups excluding carboxylic acids is 3.